The number of hydrogen-bond acceptors (Lipinski definition) is 4. The molecule has 1 aliphatic heterocycles. The fraction of sp³-hybridized carbons (Fsp3) is 0.643. The van der Waals surface area contributed by atoms with Crippen LogP contribution in [-0.4, -0.2) is 30.8 Å². The van der Waals surface area contributed by atoms with Gasteiger partial charge in [0.05, 0.1) is 6.10 Å². The van der Waals surface area contributed by atoms with Gasteiger partial charge in [0, 0.05) is 31.9 Å². The molecule has 1 aromatic rings. The summed E-state index contributed by atoms with van der Waals surface area (Å²) in [5.74, 6) is 1.04. The van der Waals surface area contributed by atoms with E-state index in [4.69, 9.17) is 10.5 Å². The lowest BCUT2D eigenvalue weighted by atomic mass is 10.1. The topological polar surface area (TPSA) is 51.4 Å². The van der Waals surface area contributed by atoms with Crippen molar-refractivity contribution in [1.82, 2.24) is 4.98 Å². The summed E-state index contributed by atoms with van der Waals surface area (Å²) >= 11 is 0. The number of piperidine rings is 1. The van der Waals surface area contributed by atoms with Gasteiger partial charge in [-0.1, -0.05) is 0 Å². The smallest absolute Gasteiger partial charge is 0.128 e. The maximum absolute atomic E-state index is 5.91. The Morgan fingerprint density at radius 1 is 1.50 bits per heavy atom. The second-order valence-electron chi connectivity index (χ2n) is 4.88. The van der Waals surface area contributed by atoms with E-state index in [2.05, 4.69) is 22.9 Å². The van der Waals surface area contributed by atoms with Gasteiger partial charge >= 0.3 is 0 Å². The van der Waals surface area contributed by atoms with Crippen molar-refractivity contribution in [2.24, 2.45) is 5.73 Å². The lowest BCUT2D eigenvalue weighted by molar-refractivity contribution is 0.0458. The molecule has 1 aliphatic rings. The molecule has 1 fully saturated rings. The van der Waals surface area contributed by atoms with Gasteiger partial charge in [-0.3, -0.25) is 0 Å². The molecule has 0 aliphatic carbocycles. The zero-order chi connectivity index (χ0) is 13.0. The summed E-state index contributed by atoms with van der Waals surface area (Å²) in [6, 6.07) is 4.15. The Morgan fingerprint density at radius 3 is 2.83 bits per heavy atom. The van der Waals surface area contributed by atoms with Crippen molar-refractivity contribution in [2.75, 3.05) is 24.6 Å². The van der Waals surface area contributed by atoms with Crippen LogP contribution in [0.25, 0.3) is 0 Å². The largest absolute Gasteiger partial charge is 0.378 e. The van der Waals surface area contributed by atoms with Gasteiger partial charge in [-0.15, -0.1) is 0 Å². The normalized spacial score (nSPS) is 18.9. The van der Waals surface area contributed by atoms with E-state index < -0.39 is 0 Å². The number of hydrogen-bond donors (Lipinski definition) is 1. The second kappa shape index (κ2) is 6.16. The molecule has 0 unspecified atom stereocenters. The Balaban J connectivity index is 1.98. The second-order valence-corrected chi connectivity index (χ2v) is 4.88. The average molecular weight is 249 g/mol. The van der Waals surface area contributed by atoms with Crippen molar-refractivity contribution in [2.45, 2.75) is 38.8 Å². The lowest BCUT2D eigenvalue weighted by Gasteiger charge is -2.32. The first-order valence-corrected chi connectivity index (χ1v) is 6.78. The predicted molar refractivity (Wildman–Crippen MR) is 73.7 cm³/mol. The van der Waals surface area contributed by atoms with Crippen molar-refractivity contribution in [1.29, 1.82) is 0 Å². The standard InChI is InChI=1S/C14H23N3O/c1-3-18-13-5-8-17(9-6-13)14-10-12(11(2)15)4-7-16-14/h4,7,10-11,13H,3,5-6,8-9,15H2,1-2H3/t11-/m1/s1. The maximum Gasteiger partial charge on any atom is 0.128 e. The average Bonchev–Trinajstić information content (AvgIpc) is 2.40. The molecule has 0 radical (unpaired) electrons. The highest BCUT2D eigenvalue weighted by molar-refractivity contribution is 5.42. The SMILES string of the molecule is CCOC1CCN(c2cc([C@@H](C)N)ccn2)CC1. The van der Waals surface area contributed by atoms with Crippen molar-refractivity contribution >= 4 is 5.82 Å². The fourth-order valence-electron chi connectivity index (χ4n) is 2.38. The van der Waals surface area contributed by atoms with Gasteiger partial charge < -0.3 is 15.4 Å². The molecule has 0 spiro atoms. The highest BCUT2D eigenvalue weighted by atomic mass is 16.5. The first-order valence-electron chi connectivity index (χ1n) is 6.78. The molecule has 1 saturated heterocycles. The van der Waals surface area contributed by atoms with Gasteiger partial charge in [0.2, 0.25) is 0 Å². The van der Waals surface area contributed by atoms with E-state index in [0.717, 1.165) is 43.9 Å². The van der Waals surface area contributed by atoms with Crippen molar-refractivity contribution in [3.63, 3.8) is 0 Å². The molecule has 4 heteroatoms. The summed E-state index contributed by atoms with van der Waals surface area (Å²) in [6.07, 6.45) is 4.43. The minimum absolute atomic E-state index is 0.0627. The molecule has 1 aromatic heterocycles. The molecule has 100 valence electrons. The first-order chi connectivity index (χ1) is 8.70. The van der Waals surface area contributed by atoms with Gasteiger partial charge in [-0.25, -0.2) is 4.98 Å². The van der Waals surface area contributed by atoms with E-state index in [1.807, 2.05) is 19.2 Å². The van der Waals surface area contributed by atoms with Crippen molar-refractivity contribution in [3.05, 3.63) is 23.9 Å². The van der Waals surface area contributed by atoms with Crippen LogP contribution in [0.5, 0.6) is 0 Å². The lowest BCUT2D eigenvalue weighted by Crippen LogP contribution is -2.37. The highest BCUT2D eigenvalue weighted by Crippen LogP contribution is 2.21. The summed E-state index contributed by atoms with van der Waals surface area (Å²) in [4.78, 5) is 6.77. The number of aromatic nitrogens is 1. The molecule has 1 atom stereocenters. The summed E-state index contributed by atoms with van der Waals surface area (Å²) in [5.41, 5.74) is 7.05. The predicted octanol–water partition coefficient (Wildman–Crippen LogP) is 2.11. The third kappa shape index (κ3) is 3.21. The monoisotopic (exact) mass is 249 g/mol. The van der Waals surface area contributed by atoms with E-state index in [1.165, 1.54) is 0 Å². The minimum Gasteiger partial charge on any atom is -0.378 e. The van der Waals surface area contributed by atoms with Gasteiger partial charge in [0.15, 0.2) is 0 Å². The zero-order valence-corrected chi connectivity index (χ0v) is 11.3. The molecule has 0 saturated carbocycles. The third-order valence-corrected chi connectivity index (χ3v) is 3.46. The highest BCUT2D eigenvalue weighted by Gasteiger charge is 2.20. The summed E-state index contributed by atoms with van der Waals surface area (Å²) in [5, 5.41) is 0. The first kappa shape index (κ1) is 13.3. The van der Waals surface area contributed by atoms with E-state index in [9.17, 15) is 0 Å². The van der Waals surface area contributed by atoms with Gasteiger partial charge in [0.1, 0.15) is 5.82 Å². The number of anilines is 1. The zero-order valence-electron chi connectivity index (χ0n) is 11.3. The molecule has 18 heavy (non-hydrogen) atoms. The minimum atomic E-state index is 0.0627. The van der Waals surface area contributed by atoms with Crippen molar-refractivity contribution in [3.8, 4) is 0 Å². The van der Waals surface area contributed by atoms with E-state index in [1.54, 1.807) is 0 Å². The molecular formula is C14H23N3O. The molecule has 0 bridgehead atoms. The number of rotatable bonds is 4. The van der Waals surface area contributed by atoms with E-state index in [-0.39, 0.29) is 6.04 Å². The number of pyridine rings is 1. The number of nitrogens with zero attached hydrogens (tertiary/aromatic N) is 2. The Bertz CT molecular complexity index is 373. The summed E-state index contributed by atoms with van der Waals surface area (Å²) in [7, 11) is 0. The van der Waals surface area contributed by atoms with Crippen LogP contribution in [0.15, 0.2) is 18.3 Å². The Hall–Kier alpha value is -1.13. The van der Waals surface area contributed by atoms with Crippen LogP contribution in [0.4, 0.5) is 5.82 Å². The number of nitrogens with two attached hydrogens (primary N) is 1. The van der Waals surface area contributed by atoms with Crippen LogP contribution in [0.1, 0.15) is 38.3 Å². The van der Waals surface area contributed by atoms with Crippen LogP contribution in [-0.2, 0) is 4.74 Å². The van der Waals surface area contributed by atoms with E-state index >= 15 is 0 Å². The Labute approximate surface area is 109 Å². The molecule has 4 nitrogen and oxygen atoms in total. The molecule has 2 heterocycles. The molecule has 0 amide bonds. The van der Waals surface area contributed by atoms with Crippen LogP contribution in [0, 0.1) is 0 Å². The van der Waals surface area contributed by atoms with Crippen LogP contribution in [0.2, 0.25) is 0 Å². The quantitative estimate of drug-likeness (QED) is 0.888. The molecule has 0 aromatic carbocycles. The van der Waals surface area contributed by atoms with Gasteiger partial charge in [0.25, 0.3) is 0 Å². The molecule has 2 rings (SSSR count). The van der Waals surface area contributed by atoms with Crippen LogP contribution >= 0.6 is 0 Å². The van der Waals surface area contributed by atoms with Gasteiger partial charge in [-0.2, -0.15) is 0 Å². The van der Waals surface area contributed by atoms with Crippen molar-refractivity contribution < 1.29 is 4.74 Å². The van der Waals surface area contributed by atoms with E-state index in [0.29, 0.717) is 6.10 Å². The maximum atomic E-state index is 5.91. The molecule has 2 N–H and O–H groups in total. The Kier molecular flexibility index (Phi) is 4.55. The summed E-state index contributed by atoms with van der Waals surface area (Å²) < 4.78 is 5.66. The third-order valence-electron chi connectivity index (χ3n) is 3.46. The Morgan fingerprint density at radius 2 is 2.22 bits per heavy atom. The fourth-order valence-corrected chi connectivity index (χ4v) is 2.38. The number of ether oxygens (including phenoxy) is 1. The van der Waals surface area contributed by atoms with Crippen LogP contribution in [0.3, 0.4) is 0 Å². The summed E-state index contributed by atoms with van der Waals surface area (Å²) in [6.45, 7) is 6.89. The van der Waals surface area contributed by atoms with Gasteiger partial charge in [-0.05, 0) is 44.4 Å². The molecular weight excluding hydrogens is 226 g/mol. The van der Waals surface area contributed by atoms with Crippen LogP contribution < -0.4 is 10.6 Å².